The zero-order valence-corrected chi connectivity index (χ0v) is 25.4. The average Bonchev–Trinajstić information content (AvgIpc) is 3.60. The molecule has 0 spiro atoms. The number of ether oxygens (including phenoxy) is 3. The maximum atomic E-state index is 13.6. The largest absolute Gasteiger partial charge is 0.462 e. The maximum Gasteiger partial charge on any atom is 0.408 e. The van der Waals surface area contributed by atoms with Crippen LogP contribution in [0, 0.1) is 0 Å². The molecule has 5 aromatic rings. The Hall–Kier alpha value is -5.58. The van der Waals surface area contributed by atoms with Gasteiger partial charge >= 0.3 is 18.0 Å². The lowest BCUT2D eigenvalue weighted by Crippen LogP contribution is -2.47. The maximum absolute atomic E-state index is 13.6. The lowest BCUT2D eigenvalue weighted by Gasteiger charge is -2.23. The van der Waals surface area contributed by atoms with E-state index in [1.54, 1.807) is 45.9 Å². The summed E-state index contributed by atoms with van der Waals surface area (Å²) in [6.45, 7) is 7.21. The van der Waals surface area contributed by atoms with Gasteiger partial charge in [0.15, 0.2) is 0 Å². The molecule has 4 N–H and O–H groups in total. The highest BCUT2D eigenvalue weighted by Gasteiger charge is 2.26. The average molecular weight is 611 g/mol. The van der Waals surface area contributed by atoms with Gasteiger partial charge in [-0.3, -0.25) is 4.79 Å². The third-order valence-corrected chi connectivity index (χ3v) is 6.85. The Labute approximate surface area is 259 Å². The number of esters is 2. The third-order valence-electron chi connectivity index (χ3n) is 6.85. The lowest BCUT2D eigenvalue weighted by molar-refractivity contribution is -0.118. The highest BCUT2D eigenvalue weighted by atomic mass is 16.6. The molecule has 2 aromatic heterocycles. The van der Waals surface area contributed by atoms with E-state index in [-0.39, 0.29) is 24.3 Å². The van der Waals surface area contributed by atoms with E-state index in [9.17, 15) is 19.2 Å². The molecule has 232 valence electrons. The van der Waals surface area contributed by atoms with Crippen molar-refractivity contribution in [1.82, 2.24) is 15.3 Å². The molecular formula is C34H34N4O7. The second kappa shape index (κ2) is 13.0. The van der Waals surface area contributed by atoms with Crippen LogP contribution in [0.3, 0.4) is 0 Å². The van der Waals surface area contributed by atoms with E-state index in [2.05, 4.69) is 20.6 Å². The van der Waals surface area contributed by atoms with Crippen LogP contribution in [0.25, 0.3) is 21.8 Å². The van der Waals surface area contributed by atoms with Gasteiger partial charge in [-0.25, -0.2) is 14.4 Å². The molecule has 0 radical (unpaired) electrons. The number of hydrogen-bond donors (Lipinski definition) is 4. The van der Waals surface area contributed by atoms with Crippen molar-refractivity contribution in [1.29, 1.82) is 0 Å². The van der Waals surface area contributed by atoms with Crippen molar-refractivity contribution < 1.29 is 33.4 Å². The topological polar surface area (TPSA) is 152 Å². The first kappa shape index (κ1) is 30.9. The minimum atomic E-state index is -0.969. The van der Waals surface area contributed by atoms with Crippen LogP contribution in [0.1, 0.15) is 54.0 Å². The number of aromatic nitrogens is 2. The van der Waals surface area contributed by atoms with E-state index in [1.807, 2.05) is 30.5 Å². The number of nitrogens with one attached hydrogen (secondary N) is 4. The van der Waals surface area contributed by atoms with Crippen LogP contribution < -0.4 is 15.4 Å². The van der Waals surface area contributed by atoms with Crippen molar-refractivity contribution >= 4 is 51.4 Å². The minimum Gasteiger partial charge on any atom is -0.462 e. The molecule has 0 bridgehead atoms. The van der Waals surface area contributed by atoms with E-state index in [1.165, 1.54) is 30.5 Å². The molecule has 2 heterocycles. The Morgan fingerprint density at radius 1 is 0.844 bits per heavy atom. The molecule has 5 rings (SSSR count). The van der Waals surface area contributed by atoms with Crippen molar-refractivity contribution in [3.05, 3.63) is 95.8 Å². The van der Waals surface area contributed by atoms with Gasteiger partial charge in [0.25, 0.3) is 0 Å². The Balaban J connectivity index is 1.34. The van der Waals surface area contributed by atoms with Crippen LogP contribution in [0.2, 0.25) is 0 Å². The zero-order valence-electron chi connectivity index (χ0n) is 25.4. The van der Waals surface area contributed by atoms with E-state index < -0.39 is 35.6 Å². The number of fused-ring (bicyclic) bond motifs is 2. The number of para-hydroxylation sites is 1. The molecule has 45 heavy (non-hydrogen) atoms. The van der Waals surface area contributed by atoms with E-state index in [4.69, 9.17) is 14.2 Å². The zero-order chi connectivity index (χ0) is 32.1. The summed E-state index contributed by atoms with van der Waals surface area (Å²) in [5, 5.41) is 7.03. The summed E-state index contributed by atoms with van der Waals surface area (Å²) in [6.07, 6.45) is 2.82. The number of aromatic amines is 2. The van der Waals surface area contributed by atoms with Gasteiger partial charge in [-0.2, -0.15) is 0 Å². The number of hydrogen-bond acceptors (Lipinski definition) is 7. The smallest absolute Gasteiger partial charge is 0.408 e. The van der Waals surface area contributed by atoms with Crippen molar-refractivity contribution in [2.24, 2.45) is 0 Å². The summed E-state index contributed by atoms with van der Waals surface area (Å²) in [5.74, 6) is -1.31. The number of amides is 2. The number of benzene rings is 3. The summed E-state index contributed by atoms with van der Waals surface area (Å²) >= 11 is 0. The molecule has 11 heteroatoms. The van der Waals surface area contributed by atoms with Crippen molar-refractivity contribution in [3.8, 4) is 5.75 Å². The number of anilines is 1. The SMILES string of the molecule is CCOC(=O)c1ccc(OC(=O)c2c[nH]c3ccc(NC(=O)[C@H](Cc4c[nH]c5ccccc45)NC(=O)OC(C)(C)C)cc23)cc1. The van der Waals surface area contributed by atoms with Crippen LogP contribution in [-0.4, -0.2) is 52.2 Å². The second-order valence-electron chi connectivity index (χ2n) is 11.3. The van der Waals surface area contributed by atoms with Crippen LogP contribution in [0.15, 0.2) is 79.1 Å². The van der Waals surface area contributed by atoms with Gasteiger partial charge in [0, 0.05) is 46.3 Å². The van der Waals surface area contributed by atoms with Crippen molar-refractivity contribution in [2.75, 3.05) is 11.9 Å². The predicted molar refractivity (Wildman–Crippen MR) is 169 cm³/mol. The summed E-state index contributed by atoms with van der Waals surface area (Å²) in [5.41, 5.74) is 2.67. The Kier molecular flexibility index (Phi) is 8.89. The molecule has 0 saturated heterocycles. The Morgan fingerprint density at radius 2 is 1.56 bits per heavy atom. The fraction of sp³-hybridized carbons (Fsp3) is 0.235. The van der Waals surface area contributed by atoms with E-state index in [0.717, 1.165) is 16.5 Å². The number of carbonyl (C=O) groups is 4. The van der Waals surface area contributed by atoms with Gasteiger partial charge in [0.1, 0.15) is 17.4 Å². The first-order valence-corrected chi connectivity index (χ1v) is 14.5. The standard InChI is InChI=1S/C34H34N4O7/c1-5-43-31(40)20-10-13-23(14-11-20)44-32(41)26-19-36-28-15-12-22(17-25(26)28)37-30(39)29(38-33(42)45-34(2,3)4)16-21-18-35-27-9-7-6-8-24(21)27/h6-15,17-19,29,35-36H,5,16H2,1-4H3,(H,37,39)(H,38,42)/t29-/m0/s1. The van der Waals surface area contributed by atoms with Crippen LogP contribution in [-0.2, 0) is 20.7 Å². The molecule has 0 aliphatic rings. The van der Waals surface area contributed by atoms with Crippen LogP contribution in [0.5, 0.6) is 5.75 Å². The Bertz CT molecular complexity index is 1870. The number of carbonyl (C=O) groups excluding carboxylic acids is 4. The predicted octanol–water partition coefficient (Wildman–Crippen LogP) is 6.12. The van der Waals surface area contributed by atoms with E-state index in [0.29, 0.717) is 22.2 Å². The van der Waals surface area contributed by atoms with E-state index >= 15 is 0 Å². The van der Waals surface area contributed by atoms with Crippen LogP contribution in [0.4, 0.5) is 10.5 Å². The molecule has 11 nitrogen and oxygen atoms in total. The summed E-state index contributed by atoms with van der Waals surface area (Å²) in [7, 11) is 0. The molecule has 0 fully saturated rings. The van der Waals surface area contributed by atoms with Gasteiger partial charge < -0.3 is 34.8 Å². The summed E-state index contributed by atoms with van der Waals surface area (Å²) < 4.78 is 15.9. The number of alkyl carbamates (subject to hydrolysis) is 1. The van der Waals surface area contributed by atoms with Gasteiger partial charge in [0.05, 0.1) is 17.7 Å². The fourth-order valence-corrected chi connectivity index (χ4v) is 4.81. The minimum absolute atomic E-state index is 0.202. The molecule has 0 aliphatic heterocycles. The highest BCUT2D eigenvalue weighted by Crippen LogP contribution is 2.25. The number of H-pyrrole nitrogens is 2. The normalized spacial score (nSPS) is 12.0. The Morgan fingerprint density at radius 3 is 2.29 bits per heavy atom. The molecule has 0 aliphatic carbocycles. The quantitative estimate of drug-likeness (QED) is 0.116. The summed E-state index contributed by atoms with van der Waals surface area (Å²) in [4.78, 5) is 57.5. The van der Waals surface area contributed by atoms with Gasteiger partial charge in [-0.05, 0) is 81.8 Å². The molecule has 1 atom stereocenters. The van der Waals surface area contributed by atoms with Crippen molar-refractivity contribution in [2.45, 2.75) is 45.8 Å². The van der Waals surface area contributed by atoms with Gasteiger partial charge in [-0.1, -0.05) is 18.2 Å². The first-order chi connectivity index (χ1) is 21.5. The molecule has 2 amide bonds. The van der Waals surface area contributed by atoms with Gasteiger partial charge in [-0.15, -0.1) is 0 Å². The summed E-state index contributed by atoms with van der Waals surface area (Å²) in [6, 6.07) is 17.8. The number of rotatable bonds is 9. The second-order valence-corrected chi connectivity index (χ2v) is 11.3. The molecule has 0 saturated carbocycles. The molecule has 3 aromatic carbocycles. The molecular weight excluding hydrogens is 576 g/mol. The first-order valence-electron chi connectivity index (χ1n) is 14.5. The van der Waals surface area contributed by atoms with Gasteiger partial charge in [0.2, 0.25) is 5.91 Å². The monoisotopic (exact) mass is 610 g/mol. The third kappa shape index (κ3) is 7.50. The molecule has 0 unspecified atom stereocenters. The van der Waals surface area contributed by atoms with Crippen molar-refractivity contribution in [3.63, 3.8) is 0 Å². The highest BCUT2D eigenvalue weighted by molar-refractivity contribution is 6.07. The van der Waals surface area contributed by atoms with Crippen LogP contribution >= 0.6 is 0 Å². The fourth-order valence-electron chi connectivity index (χ4n) is 4.81. The lowest BCUT2D eigenvalue weighted by atomic mass is 10.0.